The molecule has 0 radical (unpaired) electrons. The highest BCUT2D eigenvalue weighted by Gasteiger charge is 2.07. The van der Waals surface area contributed by atoms with Crippen LogP contribution >= 0.6 is 0 Å². The van der Waals surface area contributed by atoms with Gasteiger partial charge >= 0.3 is 0 Å². The predicted molar refractivity (Wildman–Crippen MR) is 64.1 cm³/mol. The number of hydrogen-bond acceptors (Lipinski definition) is 3. The fraction of sp³-hybridized carbons (Fsp3) is 0.333. The zero-order valence-electron chi connectivity index (χ0n) is 9.89. The Hall–Kier alpha value is -1.91. The molecule has 0 saturated heterocycles. The van der Waals surface area contributed by atoms with Crippen LogP contribution in [0.4, 0.5) is 10.1 Å². The van der Waals surface area contributed by atoms with Crippen molar-refractivity contribution in [2.24, 2.45) is 0 Å². The van der Waals surface area contributed by atoms with E-state index in [0.29, 0.717) is 0 Å². The van der Waals surface area contributed by atoms with Crippen LogP contribution in [0.5, 0.6) is 0 Å². The number of aryl methyl sites for hydroxylation is 1. The molecule has 1 unspecified atom stereocenters. The van der Waals surface area contributed by atoms with Gasteiger partial charge in [0.2, 0.25) is 0 Å². The third-order valence-electron chi connectivity index (χ3n) is 2.53. The Kier molecular flexibility index (Phi) is 3.37. The molecule has 2 aromatic heterocycles. The summed E-state index contributed by atoms with van der Waals surface area (Å²) in [5.74, 6) is -0.320. The number of hydrogen-bond donors (Lipinski definition) is 1. The summed E-state index contributed by atoms with van der Waals surface area (Å²) in [6.45, 7) is 4.84. The molecule has 90 valence electrons. The number of nitrogens with one attached hydrogen (secondary N) is 1. The lowest BCUT2D eigenvalue weighted by Gasteiger charge is -2.12. The van der Waals surface area contributed by atoms with Crippen molar-refractivity contribution in [1.82, 2.24) is 14.8 Å². The lowest BCUT2D eigenvalue weighted by atomic mass is 10.2. The molecule has 0 fully saturated rings. The van der Waals surface area contributed by atoms with E-state index in [1.807, 2.05) is 24.7 Å². The zero-order valence-corrected chi connectivity index (χ0v) is 9.89. The molecule has 0 aliphatic carbocycles. The quantitative estimate of drug-likeness (QED) is 0.884. The van der Waals surface area contributed by atoms with E-state index in [1.165, 1.54) is 12.3 Å². The molecule has 2 rings (SSSR count). The summed E-state index contributed by atoms with van der Waals surface area (Å²) >= 11 is 0. The van der Waals surface area contributed by atoms with Crippen LogP contribution in [0.25, 0.3) is 0 Å². The lowest BCUT2D eigenvalue weighted by molar-refractivity contribution is 0.617. The first-order chi connectivity index (χ1) is 8.19. The van der Waals surface area contributed by atoms with Crippen LogP contribution in [0, 0.1) is 5.82 Å². The minimum absolute atomic E-state index is 0.0186. The third kappa shape index (κ3) is 2.81. The molecule has 0 aliphatic heterocycles. The molecule has 0 spiro atoms. The molecule has 0 amide bonds. The van der Waals surface area contributed by atoms with E-state index >= 15 is 0 Å². The van der Waals surface area contributed by atoms with E-state index in [2.05, 4.69) is 15.4 Å². The van der Waals surface area contributed by atoms with Crippen molar-refractivity contribution >= 4 is 5.69 Å². The van der Waals surface area contributed by atoms with Gasteiger partial charge in [-0.3, -0.25) is 9.67 Å². The van der Waals surface area contributed by atoms with Gasteiger partial charge in [-0.15, -0.1) is 0 Å². The van der Waals surface area contributed by atoms with Crippen molar-refractivity contribution in [3.05, 3.63) is 42.2 Å². The van der Waals surface area contributed by atoms with E-state index in [9.17, 15) is 4.39 Å². The summed E-state index contributed by atoms with van der Waals surface area (Å²) in [6.07, 6.45) is 4.92. The maximum absolute atomic E-state index is 12.7. The molecule has 1 atom stereocenters. The highest BCUT2D eigenvalue weighted by Crippen LogP contribution is 2.16. The maximum Gasteiger partial charge on any atom is 0.141 e. The van der Waals surface area contributed by atoms with E-state index in [0.717, 1.165) is 17.9 Å². The standard InChI is InChI=1S/C12H15FN4/c1-3-17-8-11(7-15-17)16-9(2)12-5-4-10(13)6-14-12/h4-9,16H,3H2,1-2H3. The summed E-state index contributed by atoms with van der Waals surface area (Å²) < 4.78 is 14.6. The highest BCUT2D eigenvalue weighted by atomic mass is 19.1. The molecule has 0 bridgehead atoms. The topological polar surface area (TPSA) is 42.7 Å². The monoisotopic (exact) mass is 234 g/mol. The van der Waals surface area contributed by atoms with Crippen LogP contribution in [0.1, 0.15) is 25.6 Å². The fourth-order valence-corrected chi connectivity index (χ4v) is 1.58. The van der Waals surface area contributed by atoms with Gasteiger partial charge in [0.25, 0.3) is 0 Å². The molecular weight excluding hydrogens is 219 g/mol. The zero-order chi connectivity index (χ0) is 12.3. The van der Waals surface area contributed by atoms with Gasteiger partial charge in [0, 0.05) is 12.7 Å². The van der Waals surface area contributed by atoms with E-state index in [4.69, 9.17) is 0 Å². The lowest BCUT2D eigenvalue weighted by Crippen LogP contribution is -2.08. The van der Waals surface area contributed by atoms with E-state index in [1.54, 1.807) is 12.3 Å². The van der Waals surface area contributed by atoms with Gasteiger partial charge in [0.05, 0.1) is 29.8 Å². The summed E-state index contributed by atoms with van der Waals surface area (Å²) in [4.78, 5) is 4.04. The minimum atomic E-state index is -0.320. The second-order valence-electron chi connectivity index (χ2n) is 3.85. The molecule has 4 nitrogen and oxygen atoms in total. The summed E-state index contributed by atoms with van der Waals surface area (Å²) in [5.41, 5.74) is 1.74. The Morgan fingerprint density at radius 2 is 2.24 bits per heavy atom. The van der Waals surface area contributed by atoms with Gasteiger partial charge in [-0.05, 0) is 26.0 Å². The molecule has 2 aromatic rings. The maximum atomic E-state index is 12.7. The molecule has 0 aromatic carbocycles. The first kappa shape index (κ1) is 11.6. The van der Waals surface area contributed by atoms with Crippen LogP contribution in [0.15, 0.2) is 30.7 Å². The van der Waals surface area contributed by atoms with Gasteiger partial charge in [0.15, 0.2) is 0 Å². The number of halogens is 1. The van der Waals surface area contributed by atoms with Gasteiger partial charge in [-0.2, -0.15) is 5.10 Å². The highest BCUT2D eigenvalue weighted by molar-refractivity contribution is 5.40. The molecule has 17 heavy (non-hydrogen) atoms. The predicted octanol–water partition coefficient (Wildman–Crippen LogP) is 2.61. The first-order valence-electron chi connectivity index (χ1n) is 5.59. The average Bonchev–Trinajstić information content (AvgIpc) is 2.77. The number of pyridine rings is 1. The molecular formula is C12H15FN4. The molecule has 2 heterocycles. The van der Waals surface area contributed by atoms with Gasteiger partial charge < -0.3 is 5.32 Å². The Balaban J connectivity index is 2.05. The second kappa shape index (κ2) is 4.95. The van der Waals surface area contributed by atoms with E-state index < -0.39 is 0 Å². The van der Waals surface area contributed by atoms with Gasteiger partial charge in [-0.1, -0.05) is 0 Å². The number of aromatic nitrogens is 3. The van der Waals surface area contributed by atoms with Crippen molar-refractivity contribution in [3.63, 3.8) is 0 Å². The van der Waals surface area contributed by atoms with Crippen molar-refractivity contribution in [2.45, 2.75) is 26.4 Å². The van der Waals surface area contributed by atoms with Crippen LogP contribution in [-0.4, -0.2) is 14.8 Å². The molecule has 1 N–H and O–H groups in total. The Bertz CT molecular complexity index is 478. The van der Waals surface area contributed by atoms with Crippen LogP contribution in [0.3, 0.4) is 0 Å². The third-order valence-corrected chi connectivity index (χ3v) is 2.53. The molecule has 5 heteroatoms. The Morgan fingerprint density at radius 3 is 2.82 bits per heavy atom. The van der Waals surface area contributed by atoms with Gasteiger partial charge in [-0.25, -0.2) is 4.39 Å². The SMILES string of the molecule is CCn1cc(NC(C)c2ccc(F)cn2)cn1. The Morgan fingerprint density at radius 1 is 1.41 bits per heavy atom. The van der Waals surface area contributed by atoms with Crippen LogP contribution in [-0.2, 0) is 6.54 Å². The van der Waals surface area contributed by atoms with Crippen molar-refractivity contribution in [2.75, 3.05) is 5.32 Å². The van der Waals surface area contributed by atoms with Gasteiger partial charge in [0.1, 0.15) is 5.82 Å². The second-order valence-corrected chi connectivity index (χ2v) is 3.85. The summed E-state index contributed by atoms with van der Waals surface area (Å²) in [6, 6.07) is 3.11. The summed E-state index contributed by atoms with van der Waals surface area (Å²) in [7, 11) is 0. The molecule has 0 saturated carbocycles. The minimum Gasteiger partial charge on any atom is -0.374 e. The normalized spacial score (nSPS) is 12.4. The number of rotatable bonds is 4. The van der Waals surface area contributed by atoms with Crippen molar-refractivity contribution in [1.29, 1.82) is 0 Å². The Labute approximate surface area is 99.5 Å². The fourth-order valence-electron chi connectivity index (χ4n) is 1.58. The van der Waals surface area contributed by atoms with Crippen LogP contribution in [0.2, 0.25) is 0 Å². The average molecular weight is 234 g/mol. The van der Waals surface area contributed by atoms with Crippen molar-refractivity contribution in [3.8, 4) is 0 Å². The van der Waals surface area contributed by atoms with Crippen molar-refractivity contribution < 1.29 is 4.39 Å². The number of anilines is 1. The number of nitrogens with zero attached hydrogens (tertiary/aromatic N) is 3. The summed E-state index contributed by atoms with van der Waals surface area (Å²) in [5, 5.41) is 7.43. The first-order valence-corrected chi connectivity index (χ1v) is 5.59. The molecule has 0 aliphatic rings. The van der Waals surface area contributed by atoms with Crippen LogP contribution < -0.4 is 5.32 Å². The smallest absolute Gasteiger partial charge is 0.141 e. The van der Waals surface area contributed by atoms with E-state index in [-0.39, 0.29) is 11.9 Å². The largest absolute Gasteiger partial charge is 0.374 e.